The minimum atomic E-state index is -0.0735. The summed E-state index contributed by atoms with van der Waals surface area (Å²) in [6.07, 6.45) is 0. The van der Waals surface area contributed by atoms with Gasteiger partial charge in [-0.2, -0.15) is 0 Å². The van der Waals surface area contributed by atoms with E-state index in [1.54, 1.807) is 0 Å². The molecule has 4 nitrogen and oxygen atoms in total. The average molecular weight is 181 g/mol. The van der Waals surface area contributed by atoms with Crippen molar-refractivity contribution in [1.82, 2.24) is 10.1 Å². The highest BCUT2D eigenvalue weighted by molar-refractivity contribution is 5.47. The van der Waals surface area contributed by atoms with Crippen molar-refractivity contribution in [2.45, 2.75) is 32.4 Å². The number of nitrogens with zero attached hydrogens (tertiary/aromatic N) is 2. The summed E-state index contributed by atoms with van der Waals surface area (Å²) in [7, 11) is 2.08. The summed E-state index contributed by atoms with van der Waals surface area (Å²) >= 11 is 0. The summed E-state index contributed by atoms with van der Waals surface area (Å²) in [6.45, 7) is 6.36. The molecule has 0 fully saturated rings. The molecule has 1 atom stereocenters. The molecule has 0 amide bonds. The zero-order valence-electron chi connectivity index (χ0n) is 8.46. The van der Waals surface area contributed by atoms with Crippen LogP contribution in [0.4, 0.5) is 5.88 Å². The first-order chi connectivity index (χ1) is 5.96. The molecule has 0 saturated carbocycles. The number of fused-ring (bicyclic) bond motifs is 1. The van der Waals surface area contributed by atoms with Crippen LogP contribution in [0.25, 0.3) is 0 Å². The van der Waals surface area contributed by atoms with Crippen LogP contribution < -0.4 is 5.73 Å². The predicted molar refractivity (Wildman–Crippen MR) is 50.1 cm³/mol. The van der Waals surface area contributed by atoms with Gasteiger partial charge in [-0.05, 0) is 27.8 Å². The van der Waals surface area contributed by atoms with Crippen molar-refractivity contribution < 1.29 is 4.52 Å². The summed E-state index contributed by atoms with van der Waals surface area (Å²) in [5, 5.41) is 4.01. The molecule has 1 unspecified atom stereocenters. The number of aromatic nitrogens is 1. The minimum absolute atomic E-state index is 0.0735. The Balaban J connectivity index is 2.62. The van der Waals surface area contributed by atoms with Crippen LogP contribution in [-0.2, 0) is 5.54 Å². The molecule has 1 aromatic rings. The maximum absolute atomic E-state index is 5.71. The van der Waals surface area contributed by atoms with E-state index in [1.807, 2.05) is 0 Å². The van der Waals surface area contributed by atoms with Gasteiger partial charge in [-0.3, -0.25) is 4.90 Å². The quantitative estimate of drug-likeness (QED) is 0.659. The first-order valence-corrected chi connectivity index (χ1v) is 4.44. The fourth-order valence-corrected chi connectivity index (χ4v) is 2.00. The van der Waals surface area contributed by atoms with Crippen molar-refractivity contribution in [3.8, 4) is 0 Å². The van der Waals surface area contributed by atoms with Crippen molar-refractivity contribution in [3.63, 3.8) is 0 Å². The highest BCUT2D eigenvalue weighted by Crippen LogP contribution is 2.46. The molecule has 72 valence electrons. The van der Waals surface area contributed by atoms with Crippen LogP contribution in [0.2, 0.25) is 0 Å². The SMILES string of the molecule is CC1c2c(noc2N)C(C)(C)N1C. The van der Waals surface area contributed by atoms with Gasteiger partial charge in [-0.1, -0.05) is 5.16 Å². The first-order valence-electron chi connectivity index (χ1n) is 4.44. The highest BCUT2D eigenvalue weighted by atomic mass is 16.5. The standard InChI is InChI=1S/C9H15N3O/c1-5-6-7(11-13-8(6)10)9(2,3)12(5)4/h5H,10H2,1-4H3. The van der Waals surface area contributed by atoms with Gasteiger partial charge in [0.1, 0.15) is 5.69 Å². The molecule has 0 radical (unpaired) electrons. The van der Waals surface area contributed by atoms with Crippen LogP contribution in [0, 0.1) is 0 Å². The van der Waals surface area contributed by atoms with Gasteiger partial charge in [0.05, 0.1) is 11.1 Å². The molecule has 2 rings (SSSR count). The predicted octanol–water partition coefficient (Wildman–Crippen LogP) is 1.50. The minimum Gasteiger partial charge on any atom is -0.367 e. The molecule has 2 N–H and O–H groups in total. The largest absolute Gasteiger partial charge is 0.367 e. The Morgan fingerprint density at radius 2 is 2.15 bits per heavy atom. The number of hydrogen-bond acceptors (Lipinski definition) is 4. The third-order valence-electron chi connectivity index (χ3n) is 3.22. The summed E-state index contributed by atoms with van der Waals surface area (Å²) < 4.78 is 4.99. The van der Waals surface area contributed by atoms with Gasteiger partial charge in [0.15, 0.2) is 0 Å². The normalized spacial score (nSPS) is 26.3. The van der Waals surface area contributed by atoms with Crippen LogP contribution >= 0.6 is 0 Å². The van der Waals surface area contributed by atoms with Crippen LogP contribution in [0.15, 0.2) is 4.52 Å². The molecule has 2 heterocycles. The molecule has 0 aromatic carbocycles. The second-order valence-electron chi connectivity index (χ2n) is 4.16. The number of hydrogen-bond donors (Lipinski definition) is 1. The van der Waals surface area contributed by atoms with E-state index in [4.69, 9.17) is 10.3 Å². The van der Waals surface area contributed by atoms with E-state index < -0.39 is 0 Å². The Bertz CT molecular complexity index is 343. The lowest BCUT2D eigenvalue weighted by molar-refractivity contribution is 0.130. The third kappa shape index (κ3) is 0.864. The summed E-state index contributed by atoms with van der Waals surface area (Å²) in [5.41, 5.74) is 7.66. The van der Waals surface area contributed by atoms with Gasteiger partial charge in [-0.15, -0.1) is 0 Å². The molecule has 1 aliphatic heterocycles. The fraction of sp³-hybridized carbons (Fsp3) is 0.667. The van der Waals surface area contributed by atoms with E-state index in [9.17, 15) is 0 Å². The van der Waals surface area contributed by atoms with Gasteiger partial charge in [0, 0.05) is 6.04 Å². The first kappa shape index (κ1) is 8.56. The van der Waals surface area contributed by atoms with Crippen LogP contribution in [0.3, 0.4) is 0 Å². The van der Waals surface area contributed by atoms with Crippen molar-refractivity contribution in [3.05, 3.63) is 11.3 Å². The van der Waals surface area contributed by atoms with Crippen LogP contribution in [-0.4, -0.2) is 17.1 Å². The second kappa shape index (κ2) is 2.26. The van der Waals surface area contributed by atoms with E-state index in [1.165, 1.54) is 0 Å². The summed E-state index contributed by atoms with van der Waals surface area (Å²) in [4.78, 5) is 2.25. The zero-order valence-corrected chi connectivity index (χ0v) is 8.46. The Morgan fingerprint density at radius 3 is 2.69 bits per heavy atom. The lowest BCUT2D eigenvalue weighted by Gasteiger charge is -2.30. The van der Waals surface area contributed by atoms with E-state index in [-0.39, 0.29) is 11.6 Å². The molecule has 4 heteroatoms. The molecule has 13 heavy (non-hydrogen) atoms. The number of rotatable bonds is 0. The van der Waals surface area contributed by atoms with Gasteiger partial charge in [0.2, 0.25) is 5.88 Å². The lowest BCUT2D eigenvalue weighted by Crippen LogP contribution is -2.33. The molecule has 0 spiro atoms. The van der Waals surface area contributed by atoms with Crippen LogP contribution in [0.5, 0.6) is 0 Å². The fourth-order valence-electron chi connectivity index (χ4n) is 2.00. The van der Waals surface area contributed by atoms with Crippen molar-refractivity contribution in [2.24, 2.45) is 0 Å². The average Bonchev–Trinajstić information content (AvgIpc) is 2.50. The molecule has 0 saturated heterocycles. The van der Waals surface area contributed by atoms with Gasteiger partial charge < -0.3 is 10.3 Å². The molecular weight excluding hydrogens is 166 g/mol. The molecular formula is C9H15N3O. The molecule has 0 bridgehead atoms. The van der Waals surface area contributed by atoms with Crippen molar-refractivity contribution in [1.29, 1.82) is 0 Å². The topological polar surface area (TPSA) is 55.3 Å². The molecule has 1 aliphatic rings. The smallest absolute Gasteiger partial charge is 0.227 e. The monoisotopic (exact) mass is 181 g/mol. The van der Waals surface area contributed by atoms with Crippen molar-refractivity contribution >= 4 is 5.88 Å². The van der Waals surface area contributed by atoms with Gasteiger partial charge >= 0.3 is 0 Å². The van der Waals surface area contributed by atoms with Crippen LogP contribution in [0.1, 0.15) is 38.1 Å². The Morgan fingerprint density at radius 1 is 1.54 bits per heavy atom. The Labute approximate surface area is 77.7 Å². The Hall–Kier alpha value is -1.03. The Kier molecular flexibility index (Phi) is 1.49. The number of anilines is 1. The lowest BCUT2D eigenvalue weighted by atomic mass is 10.0. The molecule has 0 aliphatic carbocycles. The van der Waals surface area contributed by atoms with Gasteiger partial charge in [0.25, 0.3) is 0 Å². The van der Waals surface area contributed by atoms with E-state index in [0.29, 0.717) is 5.88 Å². The number of nitrogens with two attached hydrogens (primary N) is 1. The highest BCUT2D eigenvalue weighted by Gasteiger charge is 2.44. The van der Waals surface area contributed by atoms with Crippen molar-refractivity contribution in [2.75, 3.05) is 12.8 Å². The maximum atomic E-state index is 5.71. The molecule has 1 aromatic heterocycles. The van der Waals surface area contributed by atoms with Gasteiger partial charge in [-0.25, -0.2) is 0 Å². The summed E-state index contributed by atoms with van der Waals surface area (Å²) in [6, 6.07) is 0.288. The van der Waals surface area contributed by atoms with E-state index in [2.05, 4.69) is 37.9 Å². The zero-order chi connectivity index (χ0) is 9.80. The third-order valence-corrected chi connectivity index (χ3v) is 3.22. The summed E-state index contributed by atoms with van der Waals surface area (Å²) in [5.74, 6) is 0.458. The van der Waals surface area contributed by atoms with E-state index in [0.717, 1.165) is 11.3 Å². The number of nitrogen functional groups attached to an aromatic ring is 1. The maximum Gasteiger partial charge on any atom is 0.227 e. The second-order valence-corrected chi connectivity index (χ2v) is 4.16. The van der Waals surface area contributed by atoms with E-state index >= 15 is 0 Å².